The van der Waals surface area contributed by atoms with E-state index in [9.17, 15) is 45.5 Å². The molecule has 3 aliphatic rings. The largest absolute Gasteiger partial charge is 0.455 e. The summed E-state index contributed by atoms with van der Waals surface area (Å²) < 4.78 is 99.4. The van der Waals surface area contributed by atoms with E-state index in [-0.39, 0.29) is 0 Å². The van der Waals surface area contributed by atoms with E-state index in [4.69, 9.17) is 14.2 Å². The molecule has 15 heteroatoms. The van der Waals surface area contributed by atoms with Crippen LogP contribution in [0.1, 0.15) is 0 Å². The van der Waals surface area contributed by atoms with Gasteiger partial charge in [0, 0.05) is 6.08 Å². The fraction of sp³-hybridized carbons (Fsp3) is 0.625. The van der Waals surface area contributed by atoms with Crippen LogP contribution in [0.15, 0.2) is 12.7 Å². The third-order valence-corrected chi connectivity index (χ3v) is 4.77. The molecule has 3 heterocycles. The van der Waals surface area contributed by atoms with Crippen LogP contribution in [0.5, 0.6) is 0 Å². The maximum Gasteiger partial charge on any atom is 0.434 e. The fourth-order valence-electron chi connectivity index (χ4n) is 3.63. The highest BCUT2D eigenvalue weighted by Crippen LogP contribution is 2.52. The van der Waals surface area contributed by atoms with Crippen molar-refractivity contribution < 1.29 is 69.2 Å². The fourth-order valence-corrected chi connectivity index (χ4v) is 3.63. The predicted octanol–water partition coefficient (Wildman–Crippen LogP) is 0.603. The van der Waals surface area contributed by atoms with Crippen molar-refractivity contribution in [2.24, 2.45) is 11.8 Å². The standard InChI is InChI=1S/C16H12F6O9/c1-2-4(23)27-3-5(24)28-10-8-7(6-9(29-8)11(10)30-12(6)25)13(26)31-14(15(17,18)19)16(20,21)22/h2,6-11,14H,1,3H2. The highest BCUT2D eigenvalue weighted by molar-refractivity contribution is 5.87. The van der Waals surface area contributed by atoms with Crippen LogP contribution in [0.3, 0.4) is 0 Å². The van der Waals surface area contributed by atoms with E-state index in [1.165, 1.54) is 0 Å². The summed E-state index contributed by atoms with van der Waals surface area (Å²) in [6, 6.07) is 0. The monoisotopic (exact) mass is 462 g/mol. The van der Waals surface area contributed by atoms with E-state index in [0.29, 0.717) is 0 Å². The first-order chi connectivity index (χ1) is 14.3. The molecule has 3 saturated heterocycles. The minimum absolute atomic E-state index is 0.737. The summed E-state index contributed by atoms with van der Waals surface area (Å²) in [5.41, 5.74) is 0. The second-order valence-electron chi connectivity index (χ2n) is 6.68. The number of carbonyl (C=O) groups excluding carboxylic acids is 4. The van der Waals surface area contributed by atoms with E-state index < -0.39 is 85.2 Å². The zero-order chi connectivity index (χ0) is 23.3. The lowest BCUT2D eigenvalue weighted by Crippen LogP contribution is -2.51. The Morgan fingerprint density at radius 1 is 1.06 bits per heavy atom. The van der Waals surface area contributed by atoms with Crippen molar-refractivity contribution in [3.05, 3.63) is 12.7 Å². The molecule has 3 aliphatic heterocycles. The quantitative estimate of drug-likeness (QED) is 0.242. The van der Waals surface area contributed by atoms with Gasteiger partial charge in [0.15, 0.2) is 18.8 Å². The van der Waals surface area contributed by atoms with Gasteiger partial charge in [0.2, 0.25) is 0 Å². The van der Waals surface area contributed by atoms with Crippen molar-refractivity contribution in [1.29, 1.82) is 0 Å². The Labute approximate surface area is 168 Å². The van der Waals surface area contributed by atoms with Crippen molar-refractivity contribution in [3.8, 4) is 0 Å². The number of halogens is 6. The number of ether oxygens (including phenoxy) is 5. The second-order valence-corrected chi connectivity index (χ2v) is 6.68. The van der Waals surface area contributed by atoms with Crippen LogP contribution in [-0.2, 0) is 42.9 Å². The molecular formula is C16H12F6O9. The lowest BCUT2D eigenvalue weighted by molar-refractivity contribution is -0.314. The van der Waals surface area contributed by atoms with Crippen LogP contribution in [0.4, 0.5) is 26.3 Å². The van der Waals surface area contributed by atoms with Crippen LogP contribution < -0.4 is 0 Å². The third kappa shape index (κ3) is 4.18. The van der Waals surface area contributed by atoms with Gasteiger partial charge in [0.25, 0.3) is 6.10 Å². The Hall–Kier alpha value is -2.84. The molecule has 0 N–H and O–H groups in total. The summed E-state index contributed by atoms with van der Waals surface area (Å²) in [7, 11) is 0. The zero-order valence-corrected chi connectivity index (χ0v) is 15.0. The van der Waals surface area contributed by atoms with Gasteiger partial charge in [-0.15, -0.1) is 0 Å². The molecule has 0 saturated carbocycles. The molecule has 0 aromatic heterocycles. The maximum atomic E-state index is 12.7. The minimum Gasteiger partial charge on any atom is -0.455 e. The Kier molecular flexibility index (Phi) is 5.67. The van der Waals surface area contributed by atoms with Crippen molar-refractivity contribution >= 4 is 23.9 Å². The molecule has 3 fully saturated rings. The molecule has 172 valence electrons. The molecule has 3 rings (SSSR count). The summed E-state index contributed by atoms with van der Waals surface area (Å²) in [5.74, 6) is -8.82. The summed E-state index contributed by atoms with van der Waals surface area (Å²) in [6.45, 7) is 2.16. The van der Waals surface area contributed by atoms with Crippen molar-refractivity contribution in [3.63, 3.8) is 0 Å². The molecule has 6 atom stereocenters. The van der Waals surface area contributed by atoms with Gasteiger partial charge in [-0.05, 0) is 0 Å². The molecule has 2 bridgehead atoms. The molecule has 0 spiro atoms. The molecular weight excluding hydrogens is 450 g/mol. The Morgan fingerprint density at radius 2 is 1.68 bits per heavy atom. The molecule has 0 aromatic rings. The highest BCUT2D eigenvalue weighted by Gasteiger charge is 2.73. The minimum atomic E-state index is -5.97. The number of alkyl halides is 6. The van der Waals surface area contributed by atoms with E-state index in [1.54, 1.807) is 0 Å². The first-order valence-electron chi connectivity index (χ1n) is 8.44. The van der Waals surface area contributed by atoms with E-state index >= 15 is 0 Å². The van der Waals surface area contributed by atoms with Crippen molar-refractivity contribution in [1.82, 2.24) is 0 Å². The van der Waals surface area contributed by atoms with Gasteiger partial charge in [-0.3, -0.25) is 9.59 Å². The first kappa shape index (κ1) is 22.8. The molecule has 31 heavy (non-hydrogen) atoms. The first-order valence-corrected chi connectivity index (χ1v) is 8.44. The van der Waals surface area contributed by atoms with Crippen LogP contribution >= 0.6 is 0 Å². The Bertz CT molecular complexity index is 792. The molecule has 0 aliphatic carbocycles. The van der Waals surface area contributed by atoms with Crippen molar-refractivity contribution in [2.75, 3.05) is 6.61 Å². The molecule has 0 amide bonds. The van der Waals surface area contributed by atoms with Crippen LogP contribution in [0, 0.1) is 11.8 Å². The molecule has 0 radical (unpaired) electrons. The highest BCUT2D eigenvalue weighted by atomic mass is 19.4. The maximum absolute atomic E-state index is 12.7. The van der Waals surface area contributed by atoms with Crippen LogP contribution in [0.25, 0.3) is 0 Å². The smallest absolute Gasteiger partial charge is 0.434 e. The Balaban J connectivity index is 1.76. The summed E-state index contributed by atoms with van der Waals surface area (Å²) in [4.78, 5) is 47.0. The molecule has 6 unspecified atom stereocenters. The summed E-state index contributed by atoms with van der Waals surface area (Å²) in [6.07, 6.45) is -21.3. The number of esters is 4. The number of fused-ring (bicyclic) bond motifs is 1. The average Bonchev–Trinajstić information content (AvgIpc) is 3.25. The zero-order valence-electron chi connectivity index (χ0n) is 15.0. The average molecular weight is 462 g/mol. The lowest BCUT2D eigenvalue weighted by Gasteiger charge is -2.29. The molecule has 0 aromatic carbocycles. The van der Waals surface area contributed by atoms with Gasteiger partial charge in [-0.2, -0.15) is 26.3 Å². The second kappa shape index (κ2) is 7.69. The number of hydrogen-bond acceptors (Lipinski definition) is 9. The van der Waals surface area contributed by atoms with Gasteiger partial charge in [-0.1, -0.05) is 6.58 Å². The van der Waals surface area contributed by atoms with Gasteiger partial charge in [0.1, 0.15) is 24.0 Å². The third-order valence-electron chi connectivity index (χ3n) is 4.77. The molecule has 9 nitrogen and oxygen atoms in total. The normalized spacial score (nSPS) is 31.4. The lowest BCUT2D eigenvalue weighted by atomic mass is 9.78. The number of carbonyl (C=O) groups is 4. The van der Waals surface area contributed by atoms with Gasteiger partial charge in [-0.25, -0.2) is 9.59 Å². The number of rotatable bonds is 6. The SMILES string of the molecule is C=CC(=O)OCC(=O)OC1C2OC(=O)C3C2OC1C3C(=O)OC(C(F)(F)F)C(F)(F)F. The van der Waals surface area contributed by atoms with Crippen LogP contribution in [-0.4, -0.2) is 73.4 Å². The van der Waals surface area contributed by atoms with Gasteiger partial charge in [0.05, 0.1) is 0 Å². The predicted molar refractivity (Wildman–Crippen MR) is 78.5 cm³/mol. The summed E-state index contributed by atoms with van der Waals surface area (Å²) >= 11 is 0. The Morgan fingerprint density at radius 3 is 2.23 bits per heavy atom. The topological polar surface area (TPSA) is 114 Å². The summed E-state index contributed by atoms with van der Waals surface area (Å²) in [5, 5.41) is 0. The van der Waals surface area contributed by atoms with E-state index in [0.717, 1.165) is 6.08 Å². The van der Waals surface area contributed by atoms with Gasteiger partial charge >= 0.3 is 36.2 Å². The van der Waals surface area contributed by atoms with E-state index in [2.05, 4.69) is 16.1 Å². The van der Waals surface area contributed by atoms with Crippen molar-refractivity contribution in [2.45, 2.75) is 42.9 Å². The van der Waals surface area contributed by atoms with Gasteiger partial charge < -0.3 is 23.7 Å². The van der Waals surface area contributed by atoms with Crippen LogP contribution in [0.2, 0.25) is 0 Å². The van der Waals surface area contributed by atoms with E-state index in [1.807, 2.05) is 0 Å². The number of hydrogen-bond donors (Lipinski definition) is 0.